The molecule has 9 heteroatoms. The van der Waals surface area contributed by atoms with Gasteiger partial charge in [0, 0.05) is 37.3 Å². The van der Waals surface area contributed by atoms with Crippen molar-refractivity contribution < 1.29 is 13.2 Å². The van der Waals surface area contributed by atoms with Crippen molar-refractivity contribution in [1.82, 2.24) is 14.2 Å². The molecule has 7 nitrogen and oxygen atoms in total. The standard InChI is InChI=1S/C23H32N4O3S2/c1-17-16-24-23(31-17)25-22(28)21(15-18-5-3-4-6-18)19-7-9-20(10-8-19)32(29,30)27-13-11-26(2)12-14-27/h7-10,16,18,21H,3-6,11-15H2,1-2H3,(H,24,25,28). The summed E-state index contributed by atoms with van der Waals surface area (Å²) in [6, 6.07) is 6.95. The number of aryl methyl sites for hydroxylation is 1. The predicted molar refractivity (Wildman–Crippen MR) is 127 cm³/mol. The number of benzene rings is 1. The molecule has 0 bridgehead atoms. The molecule has 1 aliphatic carbocycles. The van der Waals surface area contributed by atoms with E-state index in [9.17, 15) is 13.2 Å². The van der Waals surface area contributed by atoms with Gasteiger partial charge < -0.3 is 10.2 Å². The Hall–Kier alpha value is -1.81. The molecule has 2 fully saturated rings. The van der Waals surface area contributed by atoms with Crippen LogP contribution in [0.15, 0.2) is 35.4 Å². The van der Waals surface area contributed by atoms with Crippen LogP contribution in [0, 0.1) is 12.8 Å². The minimum Gasteiger partial charge on any atom is -0.304 e. The van der Waals surface area contributed by atoms with E-state index in [0.717, 1.165) is 42.8 Å². The number of carbonyl (C=O) groups is 1. The first-order chi connectivity index (χ1) is 15.3. The van der Waals surface area contributed by atoms with Crippen LogP contribution in [0.3, 0.4) is 0 Å². The van der Waals surface area contributed by atoms with Gasteiger partial charge in [0.15, 0.2) is 5.13 Å². The van der Waals surface area contributed by atoms with E-state index in [1.54, 1.807) is 22.6 Å². The zero-order chi connectivity index (χ0) is 22.7. The topological polar surface area (TPSA) is 82.6 Å². The van der Waals surface area contributed by atoms with Gasteiger partial charge in [-0.15, -0.1) is 11.3 Å². The highest BCUT2D eigenvalue weighted by Crippen LogP contribution is 2.35. The number of nitrogens with zero attached hydrogens (tertiary/aromatic N) is 3. The molecular formula is C23H32N4O3S2. The van der Waals surface area contributed by atoms with Crippen LogP contribution in [0.5, 0.6) is 0 Å². The number of likely N-dealkylation sites (N-methyl/N-ethyl adjacent to an activating group) is 1. The summed E-state index contributed by atoms with van der Waals surface area (Å²) < 4.78 is 27.7. The van der Waals surface area contributed by atoms with Gasteiger partial charge >= 0.3 is 0 Å². The van der Waals surface area contributed by atoms with Crippen LogP contribution in [0.25, 0.3) is 0 Å². The highest BCUT2D eigenvalue weighted by atomic mass is 32.2. The first-order valence-corrected chi connectivity index (χ1v) is 13.6. The smallest absolute Gasteiger partial charge is 0.243 e. The molecule has 32 heavy (non-hydrogen) atoms. The number of amides is 1. The summed E-state index contributed by atoms with van der Waals surface area (Å²) in [5.41, 5.74) is 0.861. The van der Waals surface area contributed by atoms with Crippen molar-refractivity contribution >= 4 is 32.4 Å². The van der Waals surface area contributed by atoms with Crippen LogP contribution in [0.4, 0.5) is 5.13 Å². The monoisotopic (exact) mass is 476 g/mol. The van der Waals surface area contributed by atoms with E-state index >= 15 is 0 Å². The lowest BCUT2D eigenvalue weighted by molar-refractivity contribution is -0.118. The Bertz CT molecular complexity index is 1020. The molecule has 2 aromatic rings. The van der Waals surface area contributed by atoms with Gasteiger partial charge in [-0.1, -0.05) is 37.8 Å². The second-order valence-corrected chi connectivity index (χ2v) is 12.2. The fourth-order valence-corrected chi connectivity index (χ4v) is 6.72. The predicted octanol–water partition coefficient (Wildman–Crippen LogP) is 3.69. The van der Waals surface area contributed by atoms with Crippen LogP contribution in [-0.4, -0.2) is 61.7 Å². The summed E-state index contributed by atoms with van der Waals surface area (Å²) in [5.74, 6) is 0.140. The zero-order valence-electron chi connectivity index (χ0n) is 18.8. The number of piperazine rings is 1. The molecule has 1 atom stereocenters. The molecule has 174 valence electrons. The number of hydrogen-bond donors (Lipinski definition) is 1. The van der Waals surface area contributed by atoms with E-state index in [1.165, 1.54) is 24.2 Å². The highest BCUT2D eigenvalue weighted by Gasteiger charge is 2.30. The summed E-state index contributed by atoms with van der Waals surface area (Å²) >= 11 is 1.46. The zero-order valence-corrected chi connectivity index (χ0v) is 20.4. The molecule has 1 aromatic heterocycles. The molecule has 0 radical (unpaired) electrons. The van der Waals surface area contributed by atoms with Crippen LogP contribution >= 0.6 is 11.3 Å². The van der Waals surface area contributed by atoms with Gasteiger partial charge in [0.05, 0.1) is 10.8 Å². The Morgan fingerprint density at radius 3 is 2.41 bits per heavy atom. The molecule has 1 aromatic carbocycles. The number of thiazole rings is 1. The van der Waals surface area contributed by atoms with Gasteiger partial charge in [-0.2, -0.15) is 4.31 Å². The van der Waals surface area contributed by atoms with E-state index in [2.05, 4.69) is 15.2 Å². The molecule has 1 amide bonds. The average Bonchev–Trinajstić information content (AvgIpc) is 3.44. The van der Waals surface area contributed by atoms with Gasteiger partial charge in [-0.05, 0) is 44.0 Å². The molecule has 0 spiro atoms. The molecule has 1 saturated carbocycles. The Labute approximate surface area is 194 Å². The molecule has 4 rings (SSSR count). The van der Waals surface area contributed by atoms with Crippen molar-refractivity contribution in [2.45, 2.75) is 49.8 Å². The Kier molecular flexibility index (Phi) is 7.29. The van der Waals surface area contributed by atoms with Crippen LogP contribution in [-0.2, 0) is 14.8 Å². The molecule has 1 N–H and O–H groups in total. The normalized spacial score (nSPS) is 19.8. The SMILES string of the molecule is Cc1cnc(NC(=O)C(CC2CCCC2)c2ccc(S(=O)(=O)N3CCN(C)CC3)cc2)s1. The van der Waals surface area contributed by atoms with Crippen molar-refractivity contribution in [2.75, 3.05) is 38.5 Å². The Morgan fingerprint density at radius 1 is 1.16 bits per heavy atom. The maximum absolute atomic E-state index is 13.2. The molecule has 1 aliphatic heterocycles. The summed E-state index contributed by atoms with van der Waals surface area (Å²) in [4.78, 5) is 20.9. The number of hydrogen-bond acceptors (Lipinski definition) is 6. The average molecular weight is 477 g/mol. The fraction of sp³-hybridized carbons (Fsp3) is 0.565. The van der Waals surface area contributed by atoms with Crippen molar-refractivity contribution in [2.24, 2.45) is 5.92 Å². The van der Waals surface area contributed by atoms with Gasteiger partial charge in [0.2, 0.25) is 15.9 Å². The number of sulfonamides is 1. The van der Waals surface area contributed by atoms with Gasteiger partial charge in [0.1, 0.15) is 0 Å². The van der Waals surface area contributed by atoms with Crippen LogP contribution < -0.4 is 5.32 Å². The van der Waals surface area contributed by atoms with Gasteiger partial charge in [-0.25, -0.2) is 13.4 Å². The molecule has 2 heterocycles. The van der Waals surface area contributed by atoms with Crippen molar-refractivity contribution in [3.63, 3.8) is 0 Å². The Morgan fingerprint density at radius 2 is 1.81 bits per heavy atom. The van der Waals surface area contributed by atoms with Crippen molar-refractivity contribution in [1.29, 1.82) is 0 Å². The minimum absolute atomic E-state index is 0.0686. The van der Waals surface area contributed by atoms with Gasteiger partial charge in [-0.3, -0.25) is 4.79 Å². The lowest BCUT2D eigenvalue weighted by atomic mass is 9.87. The van der Waals surface area contributed by atoms with E-state index in [4.69, 9.17) is 0 Å². The maximum atomic E-state index is 13.2. The Balaban J connectivity index is 1.53. The fourth-order valence-electron chi connectivity index (χ4n) is 4.63. The van der Waals surface area contributed by atoms with Crippen LogP contribution in [0.1, 0.15) is 48.5 Å². The summed E-state index contributed by atoms with van der Waals surface area (Å²) in [6.07, 6.45) is 7.26. The second kappa shape index (κ2) is 9.99. The summed E-state index contributed by atoms with van der Waals surface area (Å²) in [7, 11) is -1.52. The van der Waals surface area contributed by atoms with Gasteiger partial charge in [0.25, 0.3) is 0 Å². The molecular weight excluding hydrogens is 444 g/mol. The third-order valence-electron chi connectivity index (χ3n) is 6.59. The van der Waals surface area contributed by atoms with E-state index in [0.29, 0.717) is 29.0 Å². The largest absolute Gasteiger partial charge is 0.304 e. The first kappa shape index (κ1) is 23.4. The van der Waals surface area contributed by atoms with E-state index in [1.807, 2.05) is 26.1 Å². The van der Waals surface area contributed by atoms with Crippen LogP contribution in [0.2, 0.25) is 0 Å². The number of aromatic nitrogens is 1. The van der Waals surface area contributed by atoms with E-state index < -0.39 is 10.0 Å². The maximum Gasteiger partial charge on any atom is 0.243 e. The highest BCUT2D eigenvalue weighted by molar-refractivity contribution is 7.89. The lowest BCUT2D eigenvalue weighted by Gasteiger charge is -2.31. The number of carbonyl (C=O) groups excluding carboxylic acids is 1. The summed E-state index contributed by atoms with van der Waals surface area (Å²) in [6.45, 7) is 4.43. The number of nitrogens with one attached hydrogen (secondary N) is 1. The molecule has 2 aliphatic rings. The minimum atomic E-state index is -3.52. The quantitative estimate of drug-likeness (QED) is 0.659. The third-order valence-corrected chi connectivity index (χ3v) is 9.34. The third kappa shape index (κ3) is 5.39. The molecule has 1 unspecified atom stereocenters. The lowest BCUT2D eigenvalue weighted by Crippen LogP contribution is -2.47. The summed E-state index contributed by atoms with van der Waals surface area (Å²) in [5, 5.41) is 3.58. The van der Waals surface area contributed by atoms with E-state index in [-0.39, 0.29) is 11.8 Å². The van der Waals surface area contributed by atoms with Crippen molar-refractivity contribution in [3.8, 4) is 0 Å². The van der Waals surface area contributed by atoms with Crippen molar-refractivity contribution in [3.05, 3.63) is 40.9 Å². The second-order valence-electron chi connectivity index (χ2n) is 8.98. The number of anilines is 1. The first-order valence-electron chi connectivity index (χ1n) is 11.3. The number of rotatable bonds is 7. The molecule has 1 saturated heterocycles.